The third-order valence-electron chi connectivity index (χ3n) is 4.24. The van der Waals surface area contributed by atoms with Crippen molar-refractivity contribution in [1.82, 2.24) is 9.88 Å². The Bertz CT molecular complexity index is 739. The van der Waals surface area contributed by atoms with Gasteiger partial charge in [0.1, 0.15) is 5.03 Å². The van der Waals surface area contributed by atoms with E-state index in [0.29, 0.717) is 32.1 Å². The summed E-state index contributed by atoms with van der Waals surface area (Å²) in [7, 11) is 0. The molecule has 1 aromatic heterocycles. The first kappa shape index (κ1) is 16.3. The maximum absolute atomic E-state index is 12.3. The van der Waals surface area contributed by atoms with Crippen molar-refractivity contribution in [2.45, 2.75) is 25.8 Å². The molecule has 1 aromatic carbocycles. The molecule has 1 fully saturated rings. The van der Waals surface area contributed by atoms with Gasteiger partial charge >= 0.3 is 0 Å². The first-order valence-electron chi connectivity index (χ1n) is 7.92. The number of aromatic nitrogens is 1. The highest BCUT2D eigenvalue weighted by Crippen LogP contribution is 2.28. The van der Waals surface area contributed by atoms with Crippen molar-refractivity contribution in [3.63, 3.8) is 0 Å². The zero-order valence-corrected chi connectivity index (χ0v) is 14.7. The summed E-state index contributed by atoms with van der Waals surface area (Å²) in [6.45, 7) is 8.93. The largest absolute Gasteiger partial charge is 0.378 e. The number of carbonyl (C=O) groups excluding carboxylic acids is 1. The van der Waals surface area contributed by atoms with Crippen LogP contribution in [-0.2, 0) is 9.53 Å². The lowest BCUT2D eigenvalue weighted by molar-refractivity contribution is -0.132. The lowest BCUT2D eigenvalue weighted by atomic mass is 10.0. The number of amides is 1. The number of rotatable bonds is 3. The molecule has 1 aliphatic heterocycles. The van der Waals surface area contributed by atoms with E-state index in [-0.39, 0.29) is 5.91 Å². The molecule has 3 rings (SSSR count). The van der Waals surface area contributed by atoms with Crippen molar-refractivity contribution in [2.24, 2.45) is 0 Å². The molecule has 5 heteroatoms. The monoisotopic (exact) mass is 330 g/mol. The fourth-order valence-electron chi connectivity index (χ4n) is 2.80. The molecule has 122 valence electrons. The van der Waals surface area contributed by atoms with Crippen LogP contribution in [-0.4, -0.2) is 47.8 Å². The van der Waals surface area contributed by atoms with Crippen LogP contribution in [0.5, 0.6) is 0 Å². The average molecular weight is 330 g/mol. The Kier molecular flexibility index (Phi) is 4.87. The Balaban J connectivity index is 1.78. The van der Waals surface area contributed by atoms with Gasteiger partial charge in [0.15, 0.2) is 0 Å². The predicted molar refractivity (Wildman–Crippen MR) is 94.1 cm³/mol. The second-order valence-corrected chi connectivity index (χ2v) is 6.95. The number of nitrogens with zero attached hydrogens (tertiary/aromatic N) is 2. The van der Waals surface area contributed by atoms with Gasteiger partial charge in [0.2, 0.25) is 5.91 Å². The molecule has 0 aliphatic carbocycles. The van der Waals surface area contributed by atoms with Crippen LogP contribution >= 0.6 is 11.8 Å². The molecular formula is C18H22N2O2S. The van der Waals surface area contributed by atoms with Gasteiger partial charge in [0.05, 0.1) is 24.5 Å². The fourth-order valence-corrected chi connectivity index (χ4v) is 3.68. The van der Waals surface area contributed by atoms with Gasteiger partial charge in [-0.05, 0) is 43.5 Å². The lowest BCUT2D eigenvalue weighted by Gasteiger charge is -2.26. The first-order chi connectivity index (χ1) is 11.1. The van der Waals surface area contributed by atoms with Crippen LogP contribution in [0.3, 0.4) is 0 Å². The summed E-state index contributed by atoms with van der Waals surface area (Å²) >= 11 is 1.54. The van der Waals surface area contributed by atoms with Gasteiger partial charge < -0.3 is 9.64 Å². The number of aryl methyl sites for hydroxylation is 3. The van der Waals surface area contributed by atoms with E-state index in [1.54, 1.807) is 0 Å². The van der Waals surface area contributed by atoms with Crippen molar-refractivity contribution in [3.05, 3.63) is 34.9 Å². The summed E-state index contributed by atoms with van der Waals surface area (Å²) in [5.74, 6) is 0.602. The minimum absolute atomic E-state index is 0.167. The number of fused-ring (bicyclic) bond motifs is 1. The van der Waals surface area contributed by atoms with Gasteiger partial charge in [-0.15, -0.1) is 0 Å². The molecule has 4 nitrogen and oxygen atoms in total. The van der Waals surface area contributed by atoms with E-state index in [4.69, 9.17) is 9.72 Å². The summed E-state index contributed by atoms with van der Waals surface area (Å²) in [4.78, 5) is 19.0. The van der Waals surface area contributed by atoms with Gasteiger partial charge in [-0.3, -0.25) is 4.79 Å². The summed E-state index contributed by atoms with van der Waals surface area (Å²) < 4.78 is 5.29. The molecule has 1 amide bonds. The van der Waals surface area contributed by atoms with E-state index in [9.17, 15) is 4.79 Å². The number of hydrogen-bond acceptors (Lipinski definition) is 4. The molecule has 1 saturated heterocycles. The van der Waals surface area contributed by atoms with Gasteiger partial charge in [-0.25, -0.2) is 4.98 Å². The topological polar surface area (TPSA) is 42.4 Å². The lowest BCUT2D eigenvalue weighted by Crippen LogP contribution is -2.41. The molecule has 0 atom stereocenters. The van der Waals surface area contributed by atoms with E-state index in [1.165, 1.54) is 28.3 Å². The van der Waals surface area contributed by atoms with E-state index in [2.05, 4.69) is 39.0 Å². The summed E-state index contributed by atoms with van der Waals surface area (Å²) in [6.07, 6.45) is 0. The van der Waals surface area contributed by atoms with Crippen molar-refractivity contribution in [1.29, 1.82) is 0 Å². The highest BCUT2D eigenvalue weighted by atomic mass is 32.2. The molecule has 0 N–H and O–H groups in total. The van der Waals surface area contributed by atoms with Crippen molar-refractivity contribution < 1.29 is 9.53 Å². The van der Waals surface area contributed by atoms with Gasteiger partial charge in [0, 0.05) is 18.5 Å². The molecule has 2 heterocycles. The molecule has 0 bridgehead atoms. The van der Waals surface area contributed by atoms with E-state index in [1.807, 2.05) is 4.90 Å². The Morgan fingerprint density at radius 1 is 1.17 bits per heavy atom. The minimum Gasteiger partial charge on any atom is -0.378 e. The number of pyridine rings is 1. The van der Waals surface area contributed by atoms with Crippen molar-refractivity contribution in [3.8, 4) is 0 Å². The molecule has 23 heavy (non-hydrogen) atoms. The molecule has 0 saturated carbocycles. The quantitative estimate of drug-likeness (QED) is 0.811. The maximum atomic E-state index is 12.3. The smallest absolute Gasteiger partial charge is 0.233 e. The van der Waals surface area contributed by atoms with E-state index in [0.717, 1.165) is 16.1 Å². The normalized spacial score (nSPS) is 15.2. The summed E-state index contributed by atoms with van der Waals surface area (Å²) in [5.41, 5.74) is 4.58. The zero-order valence-electron chi connectivity index (χ0n) is 13.9. The number of carbonyl (C=O) groups is 1. The van der Waals surface area contributed by atoms with Crippen molar-refractivity contribution in [2.75, 3.05) is 32.1 Å². The van der Waals surface area contributed by atoms with Crippen LogP contribution in [0, 0.1) is 20.8 Å². The fraction of sp³-hybridized carbons (Fsp3) is 0.444. The third-order valence-corrected chi connectivity index (χ3v) is 5.32. The molecular weight excluding hydrogens is 308 g/mol. The predicted octanol–water partition coefficient (Wildman–Crippen LogP) is 3.11. The summed E-state index contributed by atoms with van der Waals surface area (Å²) in [6, 6.07) is 6.42. The second kappa shape index (κ2) is 6.89. The Morgan fingerprint density at radius 3 is 2.61 bits per heavy atom. The second-order valence-electron chi connectivity index (χ2n) is 5.99. The minimum atomic E-state index is 0.167. The van der Waals surface area contributed by atoms with Crippen LogP contribution in [0.25, 0.3) is 10.9 Å². The summed E-state index contributed by atoms with van der Waals surface area (Å²) in [5, 5.41) is 2.15. The molecule has 2 aromatic rings. The third kappa shape index (κ3) is 3.51. The average Bonchev–Trinajstić information content (AvgIpc) is 2.57. The Morgan fingerprint density at radius 2 is 1.87 bits per heavy atom. The van der Waals surface area contributed by atoms with Crippen LogP contribution in [0.15, 0.2) is 23.2 Å². The highest BCUT2D eigenvalue weighted by molar-refractivity contribution is 7.99. The number of ether oxygens (including phenoxy) is 1. The van der Waals surface area contributed by atoms with Crippen LogP contribution in [0.1, 0.15) is 16.7 Å². The van der Waals surface area contributed by atoms with Crippen LogP contribution in [0.2, 0.25) is 0 Å². The number of morpholine rings is 1. The maximum Gasteiger partial charge on any atom is 0.233 e. The SMILES string of the molecule is Cc1cc2c(C)ccc(C)c2nc1SCC(=O)N1CCOCC1. The van der Waals surface area contributed by atoms with Crippen LogP contribution in [0.4, 0.5) is 0 Å². The van der Waals surface area contributed by atoms with Gasteiger partial charge in [0.25, 0.3) is 0 Å². The van der Waals surface area contributed by atoms with Gasteiger partial charge in [-0.1, -0.05) is 23.9 Å². The number of benzene rings is 1. The highest BCUT2D eigenvalue weighted by Gasteiger charge is 2.17. The van der Waals surface area contributed by atoms with E-state index >= 15 is 0 Å². The van der Waals surface area contributed by atoms with Crippen LogP contribution < -0.4 is 0 Å². The molecule has 0 unspecified atom stereocenters. The molecule has 1 aliphatic rings. The standard InChI is InChI=1S/C18H22N2O2S/c1-12-4-5-13(2)17-15(12)10-14(3)18(19-17)23-11-16(21)20-6-8-22-9-7-20/h4-5,10H,6-9,11H2,1-3H3. The van der Waals surface area contributed by atoms with Gasteiger partial charge in [-0.2, -0.15) is 0 Å². The molecule has 0 radical (unpaired) electrons. The zero-order chi connectivity index (χ0) is 16.4. The van der Waals surface area contributed by atoms with Crippen molar-refractivity contribution >= 4 is 28.6 Å². The Labute approximate surface area is 141 Å². The number of thioether (sulfide) groups is 1. The first-order valence-corrected chi connectivity index (χ1v) is 8.90. The molecule has 0 spiro atoms. The van der Waals surface area contributed by atoms with E-state index < -0.39 is 0 Å². The number of hydrogen-bond donors (Lipinski definition) is 0. The Hall–Kier alpha value is -1.59.